The first-order valence-corrected chi connectivity index (χ1v) is 15.9. The summed E-state index contributed by atoms with van der Waals surface area (Å²) in [5, 5.41) is 0. The Bertz CT molecular complexity index is 1980. The number of alkyl halides is 23. The van der Waals surface area contributed by atoms with Crippen LogP contribution < -0.4 is 9.47 Å². The Labute approximate surface area is 320 Å². The van der Waals surface area contributed by atoms with Gasteiger partial charge in [-0.2, -0.15) is 101 Å². The minimum Gasteiger partial charge on any atom is -0.493 e. The number of halogens is 23. The molecule has 0 aliphatic carbocycles. The Kier molecular flexibility index (Phi) is 13.0. The summed E-state index contributed by atoms with van der Waals surface area (Å²) < 4.78 is 330. The first-order chi connectivity index (χ1) is 26.9. The fourth-order valence-electron chi connectivity index (χ4n) is 4.93. The van der Waals surface area contributed by atoms with Crippen LogP contribution in [0.3, 0.4) is 0 Å². The second kappa shape index (κ2) is 15.7. The summed E-state index contributed by atoms with van der Waals surface area (Å²) in [6.07, 6.45) is -7.29. The quantitative estimate of drug-likeness (QED) is 0.0586. The van der Waals surface area contributed by atoms with E-state index >= 15 is 8.78 Å². The van der Waals surface area contributed by atoms with Gasteiger partial charge in [-0.1, -0.05) is 74.0 Å². The molecule has 0 unspecified atom stereocenters. The molecular formula is C34H21F23O3. The standard InChI is InChI=1S/C34H21F23O3/c1-2-3-16-59-19-14-15-20(22(18-12-8-5-9-13-18)21(19)17-10-6-4-7-11-17)60-23(58)24(35,36)25(37,38)26(39,40)27(41,42)28(43,44)29(45,46)30(47,48)31(49,50)32(51,52)33(53,54)34(55,56)57/h4-15H,2-3,16H2,1H3. The van der Waals surface area contributed by atoms with Gasteiger partial charge in [0.25, 0.3) is 0 Å². The minimum absolute atomic E-state index is 0.0504. The van der Waals surface area contributed by atoms with Crippen molar-refractivity contribution in [3.63, 3.8) is 0 Å². The fourth-order valence-corrected chi connectivity index (χ4v) is 4.93. The molecule has 0 saturated carbocycles. The van der Waals surface area contributed by atoms with E-state index in [2.05, 4.69) is 4.74 Å². The lowest BCUT2D eigenvalue weighted by molar-refractivity contribution is -0.477. The highest BCUT2D eigenvalue weighted by atomic mass is 19.4. The van der Waals surface area contributed by atoms with Gasteiger partial charge in [0.15, 0.2) is 0 Å². The van der Waals surface area contributed by atoms with Crippen molar-refractivity contribution in [2.24, 2.45) is 0 Å². The van der Waals surface area contributed by atoms with Crippen molar-refractivity contribution in [2.45, 2.75) is 85.2 Å². The molecule has 0 aliphatic heterocycles. The zero-order chi connectivity index (χ0) is 46.6. The van der Waals surface area contributed by atoms with Crippen molar-refractivity contribution in [2.75, 3.05) is 6.61 Å². The van der Waals surface area contributed by atoms with Gasteiger partial charge in [0.1, 0.15) is 11.5 Å². The van der Waals surface area contributed by atoms with E-state index in [9.17, 15) is 97.0 Å². The van der Waals surface area contributed by atoms with Crippen LogP contribution in [0.2, 0.25) is 0 Å². The van der Waals surface area contributed by atoms with Crippen molar-refractivity contribution >= 4 is 5.97 Å². The number of rotatable bonds is 17. The normalized spacial score (nSPS) is 14.6. The summed E-state index contributed by atoms with van der Waals surface area (Å²) in [4.78, 5) is 12.5. The van der Waals surface area contributed by atoms with Crippen molar-refractivity contribution < 1.29 is 115 Å². The molecule has 3 rings (SSSR count). The third kappa shape index (κ3) is 7.31. The Morgan fingerprint density at radius 3 is 1.10 bits per heavy atom. The Hall–Kier alpha value is -4.68. The van der Waals surface area contributed by atoms with Crippen molar-refractivity contribution in [1.82, 2.24) is 0 Å². The molecule has 3 aromatic rings. The fraction of sp³-hybridized carbons (Fsp3) is 0.441. The van der Waals surface area contributed by atoms with E-state index in [1.54, 1.807) is 6.92 Å². The van der Waals surface area contributed by atoms with Crippen LogP contribution in [-0.2, 0) is 4.79 Å². The highest BCUT2D eigenvalue weighted by Gasteiger charge is 2.99. The molecule has 0 aromatic heterocycles. The zero-order valence-electron chi connectivity index (χ0n) is 29.0. The molecule has 0 N–H and O–H groups in total. The van der Waals surface area contributed by atoms with Gasteiger partial charge in [-0.25, -0.2) is 4.79 Å². The SMILES string of the molecule is CCCCOc1ccc(OC(=O)C(F)(F)C(F)(F)C(F)(F)C(F)(F)C(F)(F)C(F)(F)C(F)(F)C(F)(F)C(F)(F)C(F)(F)C(F)(F)F)c(-c2ccccc2)c1-c1ccccc1. The molecule has 0 fully saturated rings. The molecule has 3 nitrogen and oxygen atoms in total. The molecular weight excluding hydrogens is 893 g/mol. The van der Waals surface area contributed by atoms with Crippen molar-refractivity contribution in [3.8, 4) is 33.8 Å². The number of hydrogen-bond donors (Lipinski definition) is 0. The molecule has 0 atom stereocenters. The van der Waals surface area contributed by atoms with Crippen molar-refractivity contribution in [3.05, 3.63) is 72.8 Å². The van der Waals surface area contributed by atoms with Gasteiger partial charge < -0.3 is 9.47 Å². The second-order valence-electron chi connectivity index (χ2n) is 12.4. The smallest absolute Gasteiger partial charge is 0.460 e. The lowest BCUT2D eigenvalue weighted by atomic mass is 9.85. The van der Waals surface area contributed by atoms with Crippen LogP contribution in [0.4, 0.5) is 101 Å². The Morgan fingerprint density at radius 2 is 0.750 bits per heavy atom. The summed E-state index contributed by atoms with van der Waals surface area (Å²) in [7, 11) is 0. The molecule has 336 valence electrons. The number of carbonyl (C=O) groups is 1. The number of benzene rings is 3. The van der Waals surface area contributed by atoms with E-state index in [-0.39, 0.29) is 29.0 Å². The Balaban J connectivity index is 2.19. The number of esters is 1. The van der Waals surface area contributed by atoms with Crippen LogP contribution in [0.25, 0.3) is 22.3 Å². The first-order valence-electron chi connectivity index (χ1n) is 15.9. The summed E-state index contributed by atoms with van der Waals surface area (Å²) in [6.45, 7) is 1.63. The number of hydrogen-bond acceptors (Lipinski definition) is 3. The molecule has 3 aromatic carbocycles. The van der Waals surface area contributed by atoms with Crippen LogP contribution in [0, 0.1) is 0 Å². The summed E-state index contributed by atoms with van der Waals surface area (Å²) in [6, 6.07) is 14.0. The van der Waals surface area contributed by atoms with E-state index in [1.807, 2.05) is 0 Å². The molecule has 0 bridgehead atoms. The monoisotopic (exact) mass is 914 g/mol. The lowest BCUT2D eigenvalue weighted by Gasteiger charge is -2.44. The largest absolute Gasteiger partial charge is 0.493 e. The average molecular weight is 914 g/mol. The van der Waals surface area contributed by atoms with Gasteiger partial charge in [0, 0.05) is 11.1 Å². The molecule has 26 heteroatoms. The minimum atomic E-state index is -9.56. The topological polar surface area (TPSA) is 35.5 Å². The van der Waals surface area contributed by atoms with E-state index in [1.165, 1.54) is 48.5 Å². The molecule has 0 heterocycles. The zero-order valence-corrected chi connectivity index (χ0v) is 29.0. The van der Waals surface area contributed by atoms with Crippen LogP contribution in [0.1, 0.15) is 19.8 Å². The maximum atomic E-state index is 15.0. The number of carbonyl (C=O) groups excluding carboxylic acids is 1. The summed E-state index contributed by atoms with van der Waals surface area (Å²) in [5.41, 5.74) is -1.00. The van der Waals surface area contributed by atoms with Gasteiger partial charge >= 0.3 is 71.4 Å². The van der Waals surface area contributed by atoms with Crippen LogP contribution >= 0.6 is 0 Å². The molecule has 0 aliphatic rings. The van der Waals surface area contributed by atoms with Crippen molar-refractivity contribution in [1.29, 1.82) is 0 Å². The summed E-state index contributed by atoms with van der Waals surface area (Å²) >= 11 is 0. The molecule has 0 amide bonds. The Morgan fingerprint density at radius 1 is 0.433 bits per heavy atom. The molecule has 60 heavy (non-hydrogen) atoms. The third-order valence-electron chi connectivity index (χ3n) is 8.37. The van der Waals surface area contributed by atoms with E-state index < -0.39 is 82.7 Å². The van der Waals surface area contributed by atoms with E-state index in [0.29, 0.717) is 18.9 Å². The predicted molar refractivity (Wildman–Crippen MR) is 159 cm³/mol. The first kappa shape index (κ1) is 49.7. The average Bonchev–Trinajstić information content (AvgIpc) is 3.14. The van der Waals surface area contributed by atoms with Gasteiger partial charge in [-0.3, -0.25) is 0 Å². The summed E-state index contributed by atoms with van der Waals surface area (Å²) in [5.74, 6) is -96.1. The van der Waals surface area contributed by atoms with Crippen LogP contribution in [0.5, 0.6) is 11.5 Å². The van der Waals surface area contributed by atoms with Gasteiger partial charge in [-0.05, 0) is 29.7 Å². The van der Waals surface area contributed by atoms with Gasteiger partial charge in [-0.15, -0.1) is 0 Å². The molecule has 0 radical (unpaired) electrons. The highest BCUT2D eigenvalue weighted by Crippen LogP contribution is 2.67. The molecule has 0 spiro atoms. The van der Waals surface area contributed by atoms with E-state index in [0.717, 1.165) is 18.2 Å². The van der Waals surface area contributed by atoms with E-state index in [4.69, 9.17) is 4.74 Å². The van der Waals surface area contributed by atoms with Gasteiger partial charge in [0.05, 0.1) is 6.61 Å². The maximum absolute atomic E-state index is 15.0. The highest BCUT2D eigenvalue weighted by molar-refractivity contribution is 5.93. The predicted octanol–water partition coefficient (Wildman–Crippen LogP) is 13.0. The number of ether oxygens (including phenoxy) is 2. The second-order valence-corrected chi connectivity index (χ2v) is 12.4. The van der Waals surface area contributed by atoms with Crippen LogP contribution in [0.15, 0.2) is 72.8 Å². The maximum Gasteiger partial charge on any atom is 0.460 e. The third-order valence-corrected chi connectivity index (χ3v) is 8.37. The number of unbranched alkanes of at least 4 members (excludes halogenated alkanes) is 1. The lowest BCUT2D eigenvalue weighted by Crippen LogP contribution is -2.78. The molecule has 0 saturated heterocycles. The van der Waals surface area contributed by atoms with Crippen LogP contribution in [-0.4, -0.2) is 78.0 Å². The van der Waals surface area contributed by atoms with Gasteiger partial charge in [0.2, 0.25) is 0 Å².